The molecule has 0 saturated heterocycles. The van der Waals surface area contributed by atoms with Crippen LogP contribution in [0.1, 0.15) is 17.3 Å². The summed E-state index contributed by atoms with van der Waals surface area (Å²) in [6.45, 7) is 2.42. The molecule has 5 heteroatoms. The van der Waals surface area contributed by atoms with Crippen LogP contribution < -0.4 is 9.47 Å². The van der Waals surface area contributed by atoms with Gasteiger partial charge in [0.05, 0.1) is 12.2 Å². The highest BCUT2D eigenvalue weighted by molar-refractivity contribution is 5.87. The summed E-state index contributed by atoms with van der Waals surface area (Å²) in [5, 5.41) is 8.78. The smallest absolute Gasteiger partial charge is 0.337 e. The molecule has 0 bridgehead atoms. The van der Waals surface area contributed by atoms with Crippen molar-refractivity contribution in [2.45, 2.75) is 6.92 Å². The lowest BCUT2D eigenvalue weighted by atomic mass is 10.3. The molecule has 2 rings (SSSR count). The summed E-state index contributed by atoms with van der Waals surface area (Å²) in [5.41, 5.74) is 0.116. The molecule has 0 atom stereocenters. The molecule has 0 fully saturated rings. The first-order valence-corrected chi connectivity index (χ1v) is 5.79. The van der Waals surface area contributed by atoms with Gasteiger partial charge < -0.3 is 14.6 Å². The molecule has 1 heterocycles. The molecule has 0 aliphatic rings. The van der Waals surface area contributed by atoms with Gasteiger partial charge in [-0.25, -0.2) is 9.78 Å². The lowest BCUT2D eigenvalue weighted by molar-refractivity contribution is 0.0696. The molecule has 5 nitrogen and oxygen atoms in total. The molecule has 2 aromatic rings. The van der Waals surface area contributed by atoms with Gasteiger partial charge in [0.2, 0.25) is 5.88 Å². The predicted octanol–water partition coefficient (Wildman–Crippen LogP) is 2.97. The molecule has 0 amide bonds. The van der Waals surface area contributed by atoms with Crippen LogP contribution in [-0.4, -0.2) is 22.7 Å². The summed E-state index contributed by atoms with van der Waals surface area (Å²) < 4.78 is 11.0. The van der Waals surface area contributed by atoms with Crippen molar-refractivity contribution in [3.05, 3.63) is 48.2 Å². The SMILES string of the molecule is CCOc1ccccc1Oc1ccc(C(=O)O)cn1. The van der Waals surface area contributed by atoms with Crippen LogP contribution in [0.2, 0.25) is 0 Å². The summed E-state index contributed by atoms with van der Waals surface area (Å²) >= 11 is 0. The fraction of sp³-hybridized carbons (Fsp3) is 0.143. The van der Waals surface area contributed by atoms with Gasteiger partial charge in [-0.15, -0.1) is 0 Å². The maximum atomic E-state index is 10.7. The number of benzene rings is 1. The van der Waals surface area contributed by atoms with Crippen molar-refractivity contribution < 1.29 is 19.4 Å². The van der Waals surface area contributed by atoms with Crippen LogP contribution in [0.15, 0.2) is 42.6 Å². The number of carboxylic acid groups (broad SMARTS) is 1. The second kappa shape index (κ2) is 5.86. The van der Waals surface area contributed by atoms with Crippen LogP contribution in [-0.2, 0) is 0 Å². The monoisotopic (exact) mass is 259 g/mol. The van der Waals surface area contributed by atoms with E-state index in [1.165, 1.54) is 18.3 Å². The van der Waals surface area contributed by atoms with Crippen LogP contribution in [0.4, 0.5) is 0 Å². The Labute approximate surface area is 110 Å². The number of aromatic carboxylic acids is 1. The standard InChI is InChI=1S/C14H13NO4/c1-2-18-11-5-3-4-6-12(11)19-13-8-7-10(9-15-13)14(16)17/h3-9H,2H2,1H3,(H,16,17). The Hall–Kier alpha value is -2.56. The molecular formula is C14H13NO4. The molecule has 0 spiro atoms. The second-order valence-electron chi connectivity index (χ2n) is 3.67. The zero-order valence-electron chi connectivity index (χ0n) is 10.4. The molecular weight excluding hydrogens is 246 g/mol. The summed E-state index contributed by atoms with van der Waals surface area (Å²) in [6, 6.07) is 10.2. The summed E-state index contributed by atoms with van der Waals surface area (Å²) in [6.07, 6.45) is 1.25. The van der Waals surface area contributed by atoms with Crippen molar-refractivity contribution >= 4 is 5.97 Å². The molecule has 19 heavy (non-hydrogen) atoms. The van der Waals surface area contributed by atoms with E-state index in [2.05, 4.69) is 4.98 Å². The highest BCUT2D eigenvalue weighted by atomic mass is 16.5. The molecule has 0 radical (unpaired) electrons. The van der Waals surface area contributed by atoms with Crippen LogP contribution >= 0.6 is 0 Å². The van der Waals surface area contributed by atoms with E-state index in [1.807, 2.05) is 19.1 Å². The minimum Gasteiger partial charge on any atom is -0.490 e. The number of pyridine rings is 1. The molecule has 0 aliphatic carbocycles. The van der Waals surface area contributed by atoms with Gasteiger partial charge in [0.1, 0.15) is 0 Å². The third-order valence-electron chi connectivity index (χ3n) is 2.35. The Morgan fingerprint density at radius 3 is 2.53 bits per heavy atom. The Morgan fingerprint density at radius 1 is 1.21 bits per heavy atom. The fourth-order valence-electron chi connectivity index (χ4n) is 1.49. The predicted molar refractivity (Wildman–Crippen MR) is 68.9 cm³/mol. The van der Waals surface area contributed by atoms with Gasteiger partial charge in [0.15, 0.2) is 11.5 Å². The van der Waals surface area contributed by atoms with Gasteiger partial charge in [0.25, 0.3) is 0 Å². The van der Waals surface area contributed by atoms with E-state index in [-0.39, 0.29) is 5.56 Å². The largest absolute Gasteiger partial charge is 0.490 e. The molecule has 1 N–H and O–H groups in total. The topological polar surface area (TPSA) is 68.7 Å². The highest BCUT2D eigenvalue weighted by Gasteiger charge is 2.07. The van der Waals surface area contributed by atoms with Gasteiger partial charge in [-0.3, -0.25) is 0 Å². The number of para-hydroxylation sites is 2. The summed E-state index contributed by atoms with van der Waals surface area (Å²) in [7, 11) is 0. The lowest BCUT2D eigenvalue weighted by Crippen LogP contribution is -1.98. The lowest BCUT2D eigenvalue weighted by Gasteiger charge is -2.10. The van der Waals surface area contributed by atoms with Gasteiger partial charge in [-0.1, -0.05) is 12.1 Å². The van der Waals surface area contributed by atoms with Crippen molar-refractivity contribution in [1.82, 2.24) is 4.98 Å². The zero-order chi connectivity index (χ0) is 13.7. The molecule has 0 aliphatic heterocycles. The number of nitrogens with zero attached hydrogens (tertiary/aromatic N) is 1. The zero-order valence-corrected chi connectivity index (χ0v) is 10.4. The van der Waals surface area contributed by atoms with Crippen LogP contribution in [0, 0.1) is 0 Å². The Morgan fingerprint density at radius 2 is 1.95 bits per heavy atom. The van der Waals surface area contributed by atoms with Crippen molar-refractivity contribution in [3.8, 4) is 17.4 Å². The number of hydrogen-bond acceptors (Lipinski definition) is 4. The van der Waals surface area contributed by atoms with E-state index in [0.29, 0.717) is 24.0 Å². The highest BCUT2D eigenvalue weighted by Crippen LogP contribution is 2.30. The maximum absolute atomic E-state index is 10.7. The van der Waals surface area contributed by atoms with Gasteiger partial charge >= 0.3 is 5.97 Å². The maximum Gasteiger partial charge on any atom is 0.337 e. The number of carboxylic acids is 1. The van der Waals surface area contributed by atoms with Crippen molar-refractivity contribution in [3.63, 3.8) is 0 Å². The first kappa shape index (κ1) is 12.9. The van der Waals surface area contributed by atoms with Gasteiger partial charge in [0, 0.05) is 12.3 Å². The van der Waals surface area contributed by atoms with Crippen LogP contribution in [0.25, 0.3) is 0 Å². The molecule has 1 aromatic carbocycles. The second-order valence-corrected chi connectivity index (χ2v) is 3.67. The third kappa shape index (κ3) is 3.22. The van der Waals surface area contributed by atoms with Crippen LogP contribution in [0.3, 0.4) is 0 Å². The Bertz CT molecular complexity index is 566. The van der Waals surface area contributed by atoms with Crippen molar-refractivity contribution in [2.75, 3.05) is 6.61 Å². The van der Waals surface area contributed by atoms with E-state index in [9.17, 15) is 4.79 Å². The Balaban J connectivity index is 2.19. The number of carbonyl (C=O) groups is 1. The summed E-state index contributed by atoms with van der Waals surface area (Å²) in [5.74, 6) is 0.458. The van der Waals surface area contributed by atoms with E-state index in [1.54, 1.807) is 12.1 Å². The third-order valence-corrected chi connectivity index (χ3v) is 2.35. The van der Waals surface area contributed by atoms with E-state index >= 15 is 0 Å². The molecule has 1 aromatic heterocycles. The summed E-state index contributed by atoms with van der Waals surface area (Å²) in [4.78, 5) is 14.6. The first-order valence-electron chi connectivity index (χ1n) is 5.79. The molecule has 0 unspecified atom stereocenters. The first-order chi connectivity index (χ1) is 9.20. The number of hydrogen-bond donors (Lipinski definition) is 1. The molecule has 0 saturated carbocycles. The number of ether oxygens (including phenoxy) is 2. The minimum absolute atomic E-state index is 0.116. The quantitative estimate of drug-likeness (QED) is 0.893. The number of aromatic nitrogens is 1. The molecule has 98 valence electrons. The fourth-order valence-corrected chi connectivity index (χ4v) is 1.49. The van der Waals surface area contributed by atoms with Gasteiger partial charge in [-0.05, 0) is 25.1 Å². The average molecular weight is 259 g/mol. The van der Waals surface area contributed by atoms with Crippen LogP contribution in [0.5, 0.6) is 17.4 Å². The van der Waals surface area contributed by atoms with Gasteiger partial charge in [-0.2, -0.15) is 0 Å². The Kier molecular flexibility index (Phi) is 3.97. The minimum atomic E-state index is -1.02. The number of rotatable bonds is 5. The van der Waals surface area contributed by atoms with E-state index in [4.69, 9.17) is 14.6 Å². The normalized spacial score (nSPS) is 9.95. The van der Waals surface area contributed by atoms with Crippen molar-refractivity contribution in [2.24, 2.45) is 0 Å². The van der Waals surface area contributed by atoms with E-state index < -0.39 is 5.97 Å². The average Bonchev–Trinajstić information content (AvgIpc) is 2.42. The van der Waals surface area contributed by atoms with Crippen molar-refractivity contribution in [1.29, 1.82) is 0 Å². The van der Waals surface area contributed by atoms with E-state index in [0.717, 1.165) is 0 Å².